The van der Waals surface area contributed by atoms with E-state index < -0.39 is 5.60 Å². The largest absolute Gasteiger partial charge is 0.390 e. The summed E-state index contributed by atoms with van der Waals surface area (Å²) in [7, 11) is 3.56. The van der Waals surface area contributed by atoms with E-state index in [0.717, 1.165) is 32.5 Å². The summed E-state index contributed by atoms with van der Waals surface area (Å²) in [5.74, 6) is 0.173. The molecule has 1 N–H and O–H groups in total. The predicted octanol–water partition coefficient (Wildman–Crippen LogP) is 0.311. The molecule has 0 radical (unpaired) electrons. The van der Waals surface area contributed by atoms with E-state index in [9.17, 15) is 9.90 Å². The molecule has 0 atom stereocenters. The lowest BCUT2D eigenvalue weighted by molar-refractivity contribution is -0.129. The smallest absolute Gasteiger partial charge is 0.223 e. The van der Waals surface area contributed by atoms with Gasteiger partial charge in [-0.1, -0.05) is 0 Å². The second-order valence-corrected chi connectivity index (χ2v) is 4.88. The first-order valence-electron chi connectivity index (χ1n) is 5.56. The van der Waals surface area contributed by atoms with E-state index >= 15 is 0 Å². The average molecular weight is 214 g/mol. The van der Waals surface area contributed by atoms with Crippen molar-refractivity contribution in [1.82, 2.24) is 9.80 Å². The molecule has 1 heterocycles. The second kappa shape index (κ2) is 4.94. The van der Waals surface area contributed by atoms with Gasteiger partial charge in [-0.3, -0.25) is 4.79 Å². The van der Waals surface area contributed by atoms with Crippen LogP contribution in [0.3, 0.4) is 0 Å². The van der Waals surface area contributed by atoms with Crippen LogP contribution in [0.1, 0.15) is 26.2 Å². The lowest BCUT2D eigenvalue weighted by Gasteiger charge is -2.35. The molecule has 88 valence electrons. The van der Waals surface area contributed by atoms with Crippen molar-refractivity contribution in [3.05, 3.63) is 0 Å². The minimum absolute atomic E-state index is 0.173. The van der Waals surface area contributed by atoms with Gasteiger partial charge in [0.05, 0.1) is 5.60 Å². The molecule has 0 unspecified atom stereocenters. The van der Waals surface area contributed by atoms with Crippen LogP contribution in [-0.2, 0) is 4.79 Å². The maximum absolute atomic E-state index is 11.4. The maximum atomic E-state index is 11.4. The molecule has 0 saturated carbocycles. The fraction of sp³-hybridized carbons (Fsp3) is 0.909. The highest BCUT2D eigenvalue weighted by Gasteiger charge is 2.27. The SMILES string of the molecule is CN(C)C(=O)CCN1CCC(C)(O)CC1. The Hall–Kier alpha value is -0.610. The topological polar surface area (TPSA) is 43.8 Å². The zero-order valence-electron chi connectivity index (χ0n) is 9.99. The standard InChI is InChI=1S/C11H22N2O2/c1-11(15)5-8-13(9-6-11)7-4-10(14)12(2)3/h15H,4-9H2,1-3H3. The van der Waals surface area contributed by atoms with Crippen molar-refractivity contribution in [2.75, 3.05) is 33.7 Å². The summed E-state index contributed by atoms with van der Waals surface area (Å²) in [6.07, 6.45) is 2.20. The van der Waals surface area contributed by atoms with Crippen molar-refractivity contribution in [3.8, 4) is 0 Å². The summed E-state index contributed by atoms with van der Waals surface area (Å²) in [5, 5.41) is 9.76. The lowest BCUT2D eigenvalue weighted by atomic mass is 9.94. The van der Waals surface area contributed by atoms with Crippen LogP contribution < -0.4 is 0 Å². The number of rotatable bonds is 3. The molecule has 0 aromatic carbocycles. The molecule has 1 amide bonds. The highest BCUT2D eigenvalue weighted by Crippen LogP contribution is 2.20. The van der Waals surface area contributed by atoms with Crippen molar-refractivity contribution in [2.24, 2.45) is 0 Å². The molecule has 0 aliphatic carbocycles. The molecule has 0 aromatic rings. The van der Waals surface area contributed by atoms with Gasteiger partial charge in [-0.25, -0.2) is 0 Å². The van der Waals surface area contributed by atoms with Crippen molar-refractivity contribution >= 4 is 5.91 Å². The van der Waals surface area contributed by atoms with Crippen molar-refractivity contribution in [3.63, 3.8) is 0 Å². The van der Waals surface area contributed by atoms with Gasteiger partial charge in [-0.2, -0.15) is 0 Å². The van der Waals surface area contributed by atoms with Crippen LogP contribution >= 0.6 is 0 Å². The van der Waals surface area contributed by atoms with Crippen LogP contribution in [0.4, 0.5) is 0 Å². The number of hydrogen-bond acceptors (Lipinski definition) is 3. The Labute approximate surface area is 91.9 Å². The van der Waals surface area contributed by atoms with Gasteiger partial charge in [-0.05, 0) is 19.8 Å². The van der Waals surface area contributed by atoms with Gasteiger partial charge in [-0.15, -0.1) is 0 Å². The van der Waals surface area contributed by atoms with E-state index in [1.807, 2.05) is 6.92 Å². The van der Waals surface area contributed by atoms with E-state index in [0.29, 0.717) is 6.42 Å². The summed E-state index contributed by atoms with van der Waals surface area (Å²) >= 11 is 0. The molecule has 4 heteroatoms. The van der Waals surface area contributed by atoms with Crippen molar-refractivity contribution in [2.45, 2.75) is 31.8 Å². The molecule has 4 nitrogen and oxygen atoms in total. The van der Waals surface area contributed by atoms with Gasteiger partial charge in [0.25, 0.3) is 0 Å². The molecule has 1 aliphatic heterocycles. The number of amides is 1. The maximum Gasteiger partial charge on any atom is 0.223 e. The van der Waals surface area contributed by atoms with Crippen LogP contribution in [0, 0.1) is 0 Å². The van der Waals surface area contributed by atoms with E-state index in [1.165, 1.54) is 0 Å². The van der Waals surface area contributed by atoms with Crippen LogP contribution in [-0.4, -0.2) is 60.1 Å². The third-order valence-electron chi connectivity index (χ3n) is 3.07. The Bertz CT molecular complexity index is 217. The van der Waals surface area contributed by atoms with Gasteiger partial charge >= 0.3 is 0 Å². The van der Waals surface area contributed by atoms with E-state index in [2.05, 4.69) is 4.90 Å². The molecule has 0 spiro atoms. The third-order valence-corrected chi connectivity index (χ3v) is 3.07. The molecular formula is C11H22N2O2. The minimum atomic E-state index is -0.498. The lowest BCUT2D eigenvalue weighted by Crippen LogP contribution is -2.43. The summed E-state index contributed by atoms with van der Waals surface area (Å²) in [6, 6.07) is 0. The Kier molecular flexibility index (Phi) is 4.11. The summed E-state index contributed by atoms with van der Waals surface area (Å²) < 4.78 is 0. The zero-order valence-corrected chi connectivity index (χ0v) is 9.99. The molecule has 1 fully saturated rings. The van der Waals surface area contributed by atoms with Gasteiger partial charge in [0, 0.05) is 40.2 Å². The fourth-order valence-electron chi connectivity index (χ4n) is 1.74. The van der Waals surface area contributed by atoms with E-state index in [1.54, 1.807) is 19.0 Å². The van der Waals surface area contributed by atoms with Gasteiger partial charge in [0.1, 0.15) is 0 Å². The second-order valence-electron chi connectivity index (χ2n) is 4.88. The first-order valence-corrected chi connectivity index (χ1v) is 5.56. The minimum Gasteiger partial charge on any atom is -0.390 e. The number of hydrogen-bond donors (Lipinski definition) is 1. The van der Waals surface area contributed by atoms with Crippen LogP contribution in [0.25, 0.3) is 0 Å². The zero-order chi connectivity index (χ0) is 11.5. The summed E-state index contributed by atoms with van der Waals surface area (Å²) in [6.45, 7) is 4.49. The predicted molar refractivity (Wildman–Crippen MR) is 59.6 cm³/mol. The van der Waals surface area contributed by atoms with Gasteiger partial charge in [0.2, 0.25) is 5.91 Å². The van der Waals surface area contributed by atoms with E-state index in [4.69, 9.17) is 0 Å². The Balaban J connectivity index is 2.22. The third kappa shape index (κ3) is 4.18. The Morgan fingerprint density at radius 2 is 1.93 bits per heavy atom. The number of carbonyl (C=O) groups excluding carboxylic acids is 1. The number of nitrogens with zero attached hydrogens (tertiary/aromatic N) is 2. The normalized spacial score (nSPS) is 21.3. The highest BCUT2D eigenvalue weighted by molar-refractivity contribution is 5.75. The number of piperidine rings is 1. The van der Waals surface area contributed by atoms with Gasteiger partial charge in [0.15, 0.2) is 0 Å². The quantitative estimate of drug-likeness (QED) is 0.735. The molecule has 0 bridgehead atoms. The van der Waals surface area contributed by atoms with Crippen LogP contribution in [0.15, 0.2) is 0 Å². The Morgan fingerprint density at radius 3 is 2.40 bits per heavy atom. The molecule has 1 saturated heterocycles. The number of aliphatic hydroxyl groups is 1. The van der Waals surface area contributed by atoms with Crippen LogP contribution in [0.5, 0.6) is 0 Å². The summed E-state index contributed by atoms with van der Waals surface area (Å²) in [4.78, 5) is 15.2. The van der Waals surface area contributed by atoms with Crippen molar-refractivity contribution in [1.29, 1.82) is 0 Å². The highest BCUT2D eigenvalue weighted by atomic mass is 16.3. The first kappa shape index (κ1) is 12.5. The number of likely N-dealkylation sites (tertiary alicyclic amines) is 1. The average Bonchev–Trinajstić information content (AvgIpc) is 2.15. The van der Waals surface area contributed by atoms with Gasteiger partial charge < -0.3 is 14.9 Å². The summed E-state index contributed by atoms with van der Waals surface area (Å²) in [5.41, 5.74) is -0.498. The molecule has 15 heavy (non-hydrogen) atoms. The van der Waals surface area contributed by atoms with Crippen LogP contribution in [0.2, 0.25) is 0 Å². The molecule has 0 aromatic heterocycles. The fourth-order valence-corrected chi connectivity index (χ4v) is 1.74. The van der Waals surface area contributed by atoms with E-state index in [-0.39, 0.29) is 5.91 Å². The monoisotopic (exact) mass is 214 g/mol. The molecule has 1 aliphatic rings. The molecule has 1 rings (SSSR count). The number of carbonyl (C=O) groups is 1. The Morgan fingerprint density at radius 1 is 1.40 bits per heavy atom. The van der Waals surface area contributed by atoms with Crippen molar-refractivity contribution < 1.29 is 9.90 Å². The first-order chi connectivity index (χ1) is 6.91. The molecular weight excluding hydrogens is 192 g/mol.